The molecule has 0 atom stereocenters. The largest absolute Gasteiger partial charge is 0.480 e. The molecule has 0 spiro atoms. The summed E-state index contributed by atoms with van der Waals surface area (Å²) in [4.78, 5) is 23.3. The van der Waals surface area contributed by atoms with Crippen LogP contribution in [0.2, 0.25) is 0 Å². The van der Waals surface area contributed by atoms with Gasteiger partial charge in [-0.2, -0.15) is 13.9 Å². The van der Waals surface area contributed by atoms with Gasteiger partial charge >= 0.3 is 12.5 Å². The van der Waals surface area contributed by atoms with E-state index in [0.717, 1.165) is 12.3 Å². The van der Waals surface area contributed by atoms with Gasteiger partial charge in [-0.15, -0.1) is 0 Å². The summed E-state index contributed by atoms with van der Waals surface area (Å²) < 4.78 is 30.1. The predicted molar refractivity (Wildman–Crippen MR) is 61.4 cm³/mol. The maximum atomic E-state index is 12.4. The number of alkyl halides is 2. The quantitative estimate of drug-likeness (QED) is 0.848. The fourth-order valence-corrected chi connectivity index (χ4v) is 1.96. The molecule has 1 aromatic heterocycles. The van der Waals surface area contributed by atoms with Crippen LogP contribution in [-0.2, 0) is 9.53 Å². The van der Waals surface area contributed by atoms with E-state index in [1.165, 1.54) is 0 Å². The molecule has 1 aliphatic heterocycles. The van der Waals surface area contributed by atoms with Gasteiger partial charge in [-0.1, -0.05) is 0 Å². The van der Waals surface area contributed by atoms with Gasteiger partial charge in [0.1, 0.15) is 11.2 Å². The fourth-order valence-electron chi connectivity index (χ4n) is 1.96. The third-order valence-electron chi connectivity index (χ3n) is 3.15. The number of aromatic nitrogens is 2. The molecule has 0 saturated carbocycles. The minimum atomic E-state index is -2.85. The van der Waals surface area contributed by atoms with E-state index in [0.29, 0.717) is 4.68 Å². The number of ether oxygens (including phenoxy) is 1. The third-order valence-corrected chi connectivity index (χ3v) is 3.15. The Bertz CT molecular complexity index is 512. The highest BCUT2D eigenvalue weighted by atomic mass is 19.3. The van der Waals surface area contributed by atoms with Crippen molar-refractivity contribution in [3.8, 4) is 0 Å². The average Bonchev–Trinajstić information content (AvgIpc) is 2.89. The van der Waals surface area contributed by atoms with Crippen LogP contribution in [0.4, 0.5) is 8.78 Å². The van der Waals surface area contributed by atoms with Crippen molar-refractivity contribution >= 4 is 11.9 Å². The molecule has 20 heavy (non-hydrogen) atoms. The Kier molecular flexibility index (Phi) is 3.98. The van der Waals surface area contributed by atoms with Gasteiger partial charge in [0.05, 0.1) is 0 Å². The maximum absolute atomic E-state index is 12.4. The lowest BCUT2D eigenvalue weighted by molar-refractivity contribution is -0.148. The van der Waals surface area contributed by atoms with E-state index in [4.69, 9.17) is 4.74 Å². The minimum Gasteiger partial charge on any atom is -0.480 e. The summed E-state index contributed by atoms with van der Waals surface area (Å²) >= 11 is 0. The normalized spacial score (nSPS) is 17.9. The fraction of sp³-hybridized carbons (Fsp3) is 0.545. The van der Waals surface area contributed by atoms with Crippen molar-refractivity contribution in [2.45, 2.75) is 24.9 Å². The van der Waals surface area contributed by atoms with E-state index in [1.807, 2.05) is 0 Å². The SMILES string of the molecule is O=C(NC1(C(=O)O)CCOCC1)c1ccn(C(F)F)n1. The second kappa shape index (κ2) is 5.53. The zero-order valence-corrected chi connectivity index (χ0v) is 10.4. The van der Waals surface area contributed by atoms with Crippen molar-refractivity contribution in [3.05, 3.63) is 18.0 Å². The minimum absolute atomic E-state index is 0.115. The number of halogens is 2. The van der Waals surface area contributed by atoms with Crippen LogP contribution in [-0.4, -0.2) is 45.5 Å². The Labute approximate surface area is 112 Å². The van der Waals surface area contributed by atoms with Gasteiger partial charge in [0, 0.05) is 32.3 Å². The van der Waals surface area contributed by atoms with Crippen LogP contribution in [0.15, 0.2) is 12.3 Å². The molecule has 2 rings (SSSR count). The smallest absolute Gasteiger partial charge is 0.333 e. The van der Waals surface area contributed by atoms with Crippen LogP contribution in [0.25, 0.3) is 0 Å². The van der Waals surface area contributed by atoms with E-state index in [-0.39, 0.29) is 31.7 Å². The van der Waals surface area contributed by atoms with Gasteiger partial charge in [0.15, 0.2) is 0 Å². The molecule has 1 aromatic rings. The van der Waals surface area contributed by atoms with Gasteiger partial charge in [-0.05, 0) is 6.07 Å². The first-order valence-corrected chi connectivity index (χ1v) is 5.91. The van der Waals surface area contributed by atoms with Crippen molar-refractivity contribution in [1.82, 2.24) is 15.1 Å². The van der Waals surface area contributed by atoms with Crippen LogP contribution >= 0.6 is 0 Å². The monoisotopic (exact) mass is 289 g/mol. The number of rotatable bonds is 4. The lowest BCUT2D eigenvalue weighted by atomic mass is 9.90. The second-order valence-electron chi connectivity index (χ2n) is 4.41. The molecular formula is C11H13F2N3O4. The summed E-state index contributed by atoms with van der Waals surface area (Å²) in [6.07, 6.45) is 1.18. The zero-order chi connectivity index (χ0) is 14.8. The molecule has 9 heteroatoms. The molecule has 0 unspecified atom stereocenters. The molecule has 2 N–H and O–H groups in total. The molecule has 2 heterocycles. The number of carboxylic acids is 1. The van der Waals surface area contributed by atoms with Crippen molar-refractivity contribution < 1.29 is 28.2 Å². The van der Waals surface area contributed by atoms with Crippen molar-refractivity contribution in [2.75, 3.05) is 13.2 Å². The standard InChI is InChI=1S/C11H13F2N3O4/c12-10(13)16-4-1-7(15-16)8(17)14-11(9(18)19)2-5-20-6-3-11/h1,4,10H,2-3,5-6H2,(H,14,17)(H,18,19). The van der Waals surface area contributed by atoms with Crippen molar-refractivity contribution in [1.29, 1.82) is 0 Å². The molecule has 0 aliphatic carbocycles. The Morgan fingerprint density at radius 3 is 2.60 bits per heavy atom. The second-order valence-corrected chi connectivity index (χ2v) is 4.41. The molecule has 1 amide bonds. The number of amides is 1. The van der Waals surface area contributed by atoms with Crippen molar-refractivity contribution in [2.24, 2.45) is 0 Å². The molecule has 0 bridgehead atoms. The van der Waals surface area contributed by atoms with Crippen LogP contribution in [0.5, 0.6) is 0 Å². The van der Waals surface area contributed by atoms with Gasteiger partial charge < -0.3 is 15.2 Å². The molecule has 0 radical (unpaired) electrons. The Hall–Kier alpha value is -2.03. The van der Waals surface area contributed by atoms with E-state index in [9.17, 15) is 23.5 Å². The number of aliphatic carboxylic acids is 1. The number of hydrogen-bond donors (Lipinski definition) is 2. The van der Waals surface area contributed by atoms with E-state index < -0.39 is 24.0 Å². The lowest BCUT2D eigenvalue weighted by Gasteiger charge is -2.33. The third kappa shape index (κ3) is 2.77. The van der Waals surface area contributed by atoms with Gasteiger partial charge in [-0.3, -0.25) is 4.79 Å². The first-order chi connectivity index (χ1) is 9.44. The van der Waals surface area contributed by atoms with Crippen LogP contribution in [0.3, 0.4) is 0 Å². The highest BCUT2D eigenvalue weighted by Crippen LogP contribution is 2.21. The molecule has 1 fully saturated rings. The van der Waals surface area contributed by atoms with Gasteiger partial charge in [0.25, 0.3) is 5.91 Å². The summed E-state index contributed by atoms with van der Waals surface area (Å²) in [5.41, 5.74) is -1.69. The maximum Gasteiger partial charge on any atom is 0.333 e. The Balaban J connectivity index is 2.13. The molecule has 7 nitrogen and oxygen atoms in total. The van der Waals surface area contributed by atoms with E-state index in [1.54, 1.807) is 0 Å². The molecule has 110 valence electrons. The van der Waals surface area contributed by atoms with E-state index >= 15 is 0 Å². The first-order valence-electron chi connectivity index (χ1n) is 5.91. The van der Waals surface area contributed by atoms with Gasteiger partial charge in [-0.25, -0.2) is 9.48 Å². The number of hydrogen-bond acceptors (Lipinski definition) is 4. The van der Waals surface area contributed by atoms with E-state index in [2.05, 4.69) is 10.4 Å². The topological polar surface area (TPSA) is 93.5 Å². The molecule has 1 aliphatic rings. The van der Waals surface area contributed by atoms with Crippen LogP contribution in [0.1, 0.15) is 29.9 Å². The average molecular weight is 289 g/mol. The predicted octanol–water partition coefficient (Wildman–Crippen LogP) is 0.642. The Morgan fingerprint density at radius 2 is 2.10 bits per heavy atom. The number of carboxylic acid groups (broad SMARTS) is 1. The summed E-state index contributed by atoms with van der Waals surface area (Å²) in [7, 11) is 0. The van der Waals surface area contributed by atoms with Crippen LogP contribution < -0.4 is 5.32 Å². The number of carbonyl (C=O) groups excluding carboxylic acids is 1. The first kappa shape index (κ1) is 14.4. The highest BCUT2D eigenvalue weighted by Gasteiger charge is 2.42. The number of carbonyl (C=O) groups is 2. The van der Waals surface area contributed by atoms with Gasteiger partial charge in [0.2, 0.25) is 0 Å². The Morgan fingerprint density at radius 1 is 1.45 bits per heavy atom. The summed E-state index contributed by atoms with van der Waals surface area (Å²) in [5, 5.41) is 15.0. The summed E-state index contributed by atoms with van der Waals surface area (Å²) in [6.45, 7) is -2.44. The number of nitrogens with zero attached hydrogens (tertiary/aromatic N) is 2. The lowest BCUT2D eigenvalue weighted by Crippen LogP contribution is -2.57. The molecular weight excluding hydrogens is 276 g/mol. The van der Waals surface area contributed by atoms with Crippen molar-refractivity contribution in [3.63, 3.8) is 0 Å². The highest BCUT2D eigenvalue weighted by molar-refractivity contribution is 5.96. The summed E-state index contributed by atoms with van der Waals surface area (Å²) in [6, 6.07) is 1.11. The summed E-state index contributed by atoms with van der Waals surface area (Å²) in [5.74, 6) is -1.98. The number of nitrogens with one attached hydrogen (secondary N) is 1. The van der Waals surface area contributed by atoms with Crippen LogP contribution in [0, 0.1) is 0 Å². The molecule has 0 aromatic carbocycles. The molecule has 1 saturated heterocycles. The zero-order valence-electron chi connectivity index (χ0n) is 10.4.